The molecule has 0 saturated carbocycles. The summed E-state index contributed by atoms with van der Waals surface area (Å²) in [7, 11) is 0. The standard InChI is InChI=1S/C18H21NO7/c1-3-12(18(23)24)19-13-9-11(5-7-15(13)26-10-16(19)21)14(20)6-8-17(22)25-4-2/h5,7,9,12H,3-4,6,8,10H2,1-2H3,(H,23,24). The highest BCUT2D eigenvalue weighted by Gasteiger charge is 2.35. The first-order valence-corrected chi connectivity index (χ1v) is 8.39. The van der Waals surface area contributed by atoms with E-state index in [1.807, 2.05) is 0 Å². The molecular formula is C18H21NO7. The number of nitrogens with zero attached hydrogens (tertiary/aromatic N) is 1. The number of amides is 1. The van der Waals surface area contributed by atoms with Gasteiger partial charge in [0.05, 0.1) is 18.7 Å². The molecule has 8 heteroatoms. The normalized spacial score (nSPS) is 14.2. The van der Waals surface area contributed by atoms with Crippen molar-refractivity contribution in [2.45, 2.75) is 39.2 Å². The first kappa shape index (κ1) is 19.4. The molecule has 1 atom stereocenters. The van der Waals surface area contributed by atoms with E-state index in [0.717, 1.165) is 4.90 Å². The maximum Gasteiger partial charge on any atom is 0.326 e. The van der Waals surface area contributed by atoms with Crippen LogP contribution in [0.5, 0.6) is 5.75 Å². The van der Waals surface area contributed by atoms with E-state index in [1.165, 1.54) is 18.2 Å². The second-order valence-corrected chi connectivity index (χ2v) is 5.73. The van der Waals surface area contributed by atoms with Crippen LogP contribution in [0.25, 0.3) is 0 Å². The van der Waals surface area contributed by atoms with E-state index < -0.39 is 23.9 Å². The highest BCUT2D eigenvalue weighted by atomic mass is 16.5. The molecule has 1 N–H and O–H groups in total. The van der Waals surface area contributed by atoms with Gasteiger partial charge in [-0.3, -0.25) is 19.3 Å². The molecule has 1 aromatic rings. The maximum absolute atomic E-state index is 12.3. The van der Waals surface area contributed by atoms with E-state index in [2.05, 4.69) is 0 Å². The number of benzene rings is 1. The largest absolute Gasteiger partial charge is 0.482 e. The summed E-state index contributed by atoms with van der Waals surface area (Å²) in [4.78, 5) is 48.6. The van der Waals surface area contributed by atoms with E-state index in [4.69, 9.17) is 9.47 Å². The van der Waals surface area contributed by atoms with Crippen molar-refractivity contribution in [3.63, 3.8) is 0 Å². The fourth-order valence-corrected chi connectivity index (χ4v) is 2.75. The Morgan fingerprint density at radius 2 is 2.00 bits per heavy atom. The lowest BCUT2D eigenvalue weighted by Gasteiger charge is -2.33. The molecule has 0 fully saturated rings. The number of aliphatic carboxylic acids is 1. The average Bonchev–Trinajstić information content (AvgIpc) is 2.61. The van der Waals surface area contributed by atoms with Gasteiger partial charge in [-0.15, -0.1) is 0 Å². The summed E-state index contributed by atoms with van der Waals surface area (Å²) in [6, 6.07) is 3.45. The summed E-state index contributed by atoms with van der Waals surface area (Å²) >= 11 is 0. The highest BCUT2D eigenvalue weighted by molar-refractivity contribution is 6.05. The zero-order valence-corrected chi connectivity index (χ0v) is 14.7. The summed E-state index contributed by atoms with van der Waals surface area (Å²) in [6.07, 6.45) is 0.125. The number of carboxylic acids is 1. The third kappa shape index (κ3) is 4.19. The SMILES string of the molecule is CCOC(=O)CCC(=O)c1ccc2c(c1)N(C(CC)C(=O)O)C(=O)CO2. The average molecular weight is 363 g/mol. The van der Waals surface area contributed by atoms with Crippen LogP contribution in [0.4, 0.5) is 5.69 Å². The van der Waals surface area contributed by atoms with Crippen LogP contribution in [-0.4, -0.2) is 48.0 Å². The Balaban J connectivity index is 2.27. The van der Waals surface area contributed by atoms with Crippen LogP contribution in [0.2, 0.25) is 0 Å². The predicted molar refractivity (Wildman–Crippen MR) is 91.3 cm³/mol. The van der Waals surface area contributed by atoms with Gasteiger partial charge in [-0.25, -0.2) is 4.79 Å². The van der Waals surface area contributed by atoms with Crippen molar-refractivity contribution in [1.29, 1.82) is 0 Å². The minimum atomic E-state index is -1.13. The molecule has 8 nitrogen and oxygen atoms in total. The number of Topliss-reactive ketones (excluding diaryl/α,β-unsaturated/α-hetero) is 1. The van der Waals surface area contributed by atoms with Gasteiger partial charge in [0.2, 0.25) is 0 Å². The Morgan fingerprint density at radius 3 is 2.62 bits per heavy atom. The van der Waals surface area contributed by atoms with Crippen molar-refractivity contribution in [3.8, 4) is 5.75 Å². The van der Waals surface area contributed by atoms with Gasteiger partial charge in [0, 0.05) is 12.0 Å². The molecule has 1 aliphatic heterocycles. The second-order valence-electron chi connectivity index (χ2n) is 5.73. The number of ketones is 1. The summed E-state index contributed by atoms with van der Waals surface area (Å²) < 4.78 is 10.1. The Morgan fingerprint density at radius 1 is 1.27 bits per heavy atom. The number of carbonyl (C=O) groups is 4. The lowest BCUT2D eigenvalue weighted by Crippen LogP contribution is -2.49. The lowest BCUT2D eigenvalue weighted by atomic mass is 10.0. The highest BCUT2D eigenvalue weighted by Crippen LogP contribution is 2.35. The van der Waals surface area contributed by atoms with E-state index in [1.54, 1.807) is 13.8 Å². The van der Waals surface area contributed by atoms with Crippen molar-refractivity contribution in [2.75, 3.05) is 18.1 Å². The van der Waals surface area contributed by atoms with Gasteiger partial charge in [-0.1, -0.05) is 6.92 Å². The van der Waals surface area contributed by atoms with Gasteiger partial charge in [-0.2, -0.15) is 0 Å². The fraction of sp³-hybridized carbons (Fsp3) is 0.444. The minimum absolute atomic E-state index is 0.0391. The number of hydrogen-bond acceptors (Lipinski definition) is 6. The maximum atomic E-state index is 12.3. The van der Waals surface area contributed by atoms with Crippen LogP contribution in [0, 0.1) is 0 Å². The van der Waals surface area contributed by atoms with Gasteiger partial charge in [-0.05, 0) is 31.5 Å². The molecule has 1 heterocycles. The Labute approximate surface area is 150 Å². The Kier molecular flexibility index (Phi) is 6.32. The number of rotatable bonds is 8. The van der Waals surface area contributed by atoms with E-state index in [9.17, 15) is 24.3 Å². The van der Waals surface area contributed by atoms with Crippen LogP contribution in [0.1, 0.15) is 43.5 Å². The summed E-state index contributed by atoms with van der Waals surface area (Å²) in [5.41, 5.74) is 0.522. The van der Waals surface area contributed by atoms with Gasteiger partial charge in [0.25, 0.3) is 5.91 Å². The molecule has 0 aliphatic carbocycles. The molecule has 26 heavy (non-hydrogen) atoms. The van der Waals surface area contributed by atoms with Crippen molar-refractivity contribution in [3.05, 3.63) is 23.8 Å². The van der Waals surface area contributed by atoms with E-state index in [-0.39, 0.29) is 49.5 Å². The quantitative estimate of drug-likeness (QED) is 0.554. The first-order chi connectivity index (χ1) is 12.4. The fourth-order valence-electron chi connectivity index (χ4n) is 2.75. The molecule has 1 amide bonds. The molecule has 0 bridgehead atoms. The van der Waals surface area contributed by atoms with Crippen molar-refractivity contribution < 1.29 is 33.8 Å². The smallest absolute Gasteiger partial charge is 0.326 e. The zero-order valence-electron chi connectivity index (χ0n) is 14.7. The van der Waals surface area contributed by atoms with Gasteiger partial charge < -0.3 is 14.6 Å². The van der Waals surface area contributed by atoms with Gasteiger partial charge in [0.1, 0.15) is 11.8 Å². The number of carbonyl (C=O) groups excluding carboxylic acids is 3. The van der Waals surface area contributed by atoms with E-state index >= 15 is 0 Å². The zero-order chi connectivity index (χ0) is 19.3. The third-order valence-electron chi connectivity index (χ3n) is 4.01. The van der Waals surface area contributed by atoms with Gasteiger partial charge >= 0.3 is 11.9 Å². The van der Waals surface area contributed by atoms with Gasteiger partial charge in [0.15, 0.2) is 12.4 Å². The molecule has 1 unspecified atom stereocenters. The van der Waals surface area contributed by atoms with Crippen molar-refractivity contribution in [2.24, 2.45) is 0 Å². The lowest BCUT2D eigenvalue weighted by molar-refractivity contribution is -0.143. The number of esters is 1. The minimum Gasteiger partial charge on any atom is -0.482 e. The van der Waals surface area contributed by atoms with Crippen LogP contribution >= 0.6 is 0 Å². The molecule has 0 radical (unpaired) electrons. The van der Waals surface area contributed by atoms with Crippen LogP contribution in [0.15, 0.2) is 18.2 Å². The Bertz CT molecular complexity index is 728. The topological polar surface area (TPSA) is 110 Å². The second kappa shape index (κ2) is 8.46. The van der Waals surface area contributed by atoms with Crippen molar-refractivity contribution >= 4 is 29.3 Å². The van der Waals surface area contributed by atoms with Crippen molar-refractivity contribution in [1.82, 2.24) is 0 Å². The monoisotopic (exact) mass is 363 g/mol. The molecule has 1 aliphatic rings. The molecule has 0 aromatic heterocycles. The first-order valence-electron chi connectivity index (χ1n) is 8.39. The molecule has 140 valence electrons. The third-order valence-corrected chi connectivity index (χ3v) is 4.01. The number of ether oxygens (including phenoxy) is 2. The predicted octanol–water partition coefficient (Wildman–Crippen LogP) is 1.80. The number of anilines is 1. The number of fused-ring (bicyclic) bond motifs is 1. The molecular weight excluding hydrogens is 342 g/mol. The molecule has 0 saturated heterocycles. The van der Waals surface area contributed by atoms with E-state index in [0.29, 0.717) is 5.75 Å². The van der Waals surface area contributed by atoms with Crippen LogP contribution in [-0.2, 0) is 19.1 Å². The Hall–Kier alpha value is -2.90. The number of hydrogen-bond donors (Lipinski definition) is 1. The molecule has 2 rings (SSSR count). The summed E-state index contributed by atoms with van der Waals surface area (Å²) in [5, 5.41) is 9.39. The van der Waals surface area contributed by atoms with Crippen LogP contribution in [0.3, 0.4) is 0 Å². The number of carboxylic acid groups (broad SMARTS) is 1. The van der Waals surface area contributed by atoms with Crippen LogP contribution < -0.4 is 9.64 Å². The summed E-state index contributed by atoms with van der Waals surface area (Å²) in [5.74, 6) is -2.04. The molecule has 0 spiro atoms. The summed E-state index contributed by atoms with van der Waals surface area (Å²) in [6.45, 7) is 3.33. The molecule has 1 aromatic carbocycles.